The third-order valence-electron chi connectivity index (χ3n) is 2.61. The van der Waals surface area contributed by atoms with Gasteiger partial charge in [-0.05, 0) is 20.8 Å². The highest BCUT2D eigenvalue weighted by Gasteiger charge is 2.39. The van der Waals surface area contributed by atoms with Gasteiger partial charge in [-0.3, -0.25) is 14.4 Å². The predicted octanol–water partition coefficient (Wildman–Crippen LogP) is 0.347. The van der Waals surface area contributed by atoms with Crippen LogP contribution in [0.2, 0.25) is 0 Å². The smallest absolute Gasteiger partial charge is 0.308 e. The third-order valence-corrected chi connectivity index (χ3v) is 2.61. The molecule has 0 aliphatic carbocycles. The molecule has 1 N–H and O–H groups in total. The Morgan fingerprint density at radius 3 is 2.35 bits per heavy atom. The molecular weight excluding hydrogens is 226 g/mol. The lowest BCUT2D eigenvalue weighted by Crippen LogP contribution is -2.46. The molecule has 0 radical (unpaired) electrons. The maximum absolute atomic E-state index is 11.9. The number of esters is 1. The van der Waals surface area contributed by atoms with Gasteiger partial charge in [0.15, 0.2) is 0 Å². The topological polar surface area (TPSA) is 76.1 Å². The molecule has 100 valence electrons. The largest absolute Gasteiger partial charge is 0.466 e. The van der Waals surface area contributed by atoms with E-state index in [0.29, 0.717) is 0 Å². The van der Waals surface area contributed by atoms with Gasteiger partial charge in [-0.15, -0.1) is 0 Å². The average molecular weight is 247 g/mol. The number of rotatable bonds is 6. The van der Waals surface area contributed by atoms with Crippen molar-refractivity contribution in [2.75, 3.05) is 20.8 Å². The van der Waals surface area contributed by atoms with Crippen LogP contribution in [0.4, 0.5) is 0 Å². The summed E-state index contributed by atoms with van der Waals surface area (Å²) in [5, 5.41) is 10.9. The van der Waals surface area contributed by atoms with E-state index >= 15 is 0 Å². The quantitative estimate of drug-likeness (QED) is 0.541. The Morgan fingerprint density at radius 1 is 1.41 bits per heavy atom. The van der Waals surface area contributed by atoms with Crippen LogP contribution < -0.4 is 0 Å². The number of carbonyl (C=O) groups excluding carboxylic acids is 2. The zero-order valence-electron chi connectivity index (χ0n) is 11.0. The molecule has 0 aromatic carbocycles. The van der Waals surface area contributed by atoms with E-state index in [1.54, 1.807) is 20.8 Å². The third kappa shape index (κ3) is 4.32. The summed E-state index contributed by atoms with van der Waals surface area (Å²) in [6.07, 6.45) is -1.34. The second kappa shape index (κ2) is 6.56. The first-order valence-electron chi connectivity index (χ1n) is 5.43. The molecule has 6 nitrogen and oxygen atoms in total. The van der Waals surface area contributed by atoms with Gasteiger partial charge >= 0.3 is 5.97 Å². The number of hydrogen-bond donors (Lipinski definition) is 1. The van der Waals surface area contributed by atoms with Crippen LogP contribution in [0.5, 0.6) is 0 Å². The molecule has 0 bridgehead atoms. The number of hydroxylamine groups is 2. The fraction of sp³-hybridized carbons (Fsp3) is 0.818. The van der Waals surface area contributed by atoms with Crippen molar-refractivity contribution in [1.82, 2.24) is 5.06 Å². The van der Waals surface area contributed by atoms with Crippen molar-refractivity contribution in [3.63, 3.8) is 0 Å². The van der Waals surface area contributed by atoms with Crippen LogP contribution in [0.15, 0.2) is 0 Å². The Balaban J connectivity index is 4.58. The van der Waals surface area contributed by atoms with Gasteiger partial charge in [-0.1, -0.05) is 0 Å². The molecule has 0 aromatic rings. The number of ether oxygens (including phenoxy) is 1. The average Bonchev–Trinajstić information content (AvgIpc) is 2.26. The molecule has 0 saturated carbocycles. The van der Waals surface area contributed by atoms with E-state index in [1.807, 2.05) is 0 Å². The summed E-state index contributed by atoms with van der Waals surface area (Å²) in [7, 11) is 2.80. The van der Waals surface area contributed by atoms with E-state index in [-0.39, 0.29) is 13.0 Å². The number of aliphatic hydroxyl groups is 1. The first-order chi connectivity index (χ1) is 7.77. The van der Waals surface area contributed by atoms with E-state index in [1.165, 1.54) is 14.2 Å². The molecule has 0 rings (SSSR count). The molecule has 1 unspecified atom stereocenters. The lowest BCUT2D eigenvalue weighted by Gasteiger charge is -2.31. The van der Waals surface area contributed by atoms with Crippen LogP contribution in [0.25, 0.3) is 0 Å². The van der Waals surface area contributed by atoms with Crippen LogP contribution >= 0.6 is 0 Å². The van der Waals surface area contributed by atoms with Gasteiger partial charge in [-0.25, -0.2) is 5.06 Å². The molecule has 0 aromatic heterocycles. The lowest BCUT2D eigenvalue weighted by atomic mass is 9.83. The SMILES string of the molecule is CCOC(=O)CC(O)C(C)(C)C(=O)N(C)OC. The van der Waals surface area contributed by atoms with E-state index < -0.39 is 23.4 Å². The fourth-order valence-electron chi connectivity index (χ4n) is 1.26. The summed E-state index contributed by atoms with van der Waals surface area (Å²) in [5.74, 6) is -0.933. The summed E-state index contributed by atoms with van der Waals surface area (Å²) < 4.78 is 4.72. The normalized spacial score (nSPS) is 13.1. The van der Waals surface area contributed by atoms with Crippen LogP contribution in [-0.2, 0) is 19.2 Å². The summed E-state index contributed by atoms with van der Waals surface area (Å²) in [5.41, 5.74) is -1.11. The van der Waals surface area contributed by atoms with Gasteiger partial charge < -0.3 is 9.84 Å². The Hall–Kier alpha value is -1.14. The Kier molecular flexibility index (Phi) is 6.12. The molecule has 1 amide bonds. The van der Waals surface area contributed by atoms with Crippen molar-refractivity contribution in [1.29, 1.82) is 0 Å². The highest BCUT2D eigenvalue weighted by atomic mass is 16.7. The van der Waals surface area contributed by atoms with E-state index in [9.17, 15) is 14.7 Å². The number of carbonyl (C=O) groups is 2. The predicted molar refractivity (Wildman–Crippen MR) is 60.8 cm³/mol. The molecular formula is C11H21NO5. The second-order valence-electron chi connectivity index (χ2n) is 4.23. The molecule has 0 saturated heterocycles. The molecule has 0 heterocycles. The van der Waals surface area contributed by atoms with Crippen molar-refractivity contribution in [2.24, 2.45) is 5.41 Å². The summed E-state index contributed by atoms with van der Waals surface area (Å²) in [6, 6.07) is 0. The molecule has 0 spiro atoms. The molecule has 0 aliphatic rings. The van der Waals surface area contributed by atoms with Crippen LogP contribution in [0.3, 0.4) is 0 Å². The van der Waals surface area contributed by atoms with Crippen LogP contribution in [0, 0.1) is 5.41 Å². The van der Waals surface area contributed by atoms with Gasteiger partial charge in [0.1, 0.15) is 0 Å². The second-order valence-corrected chi connectivity index (χ2v) is 4.23. The Bertz CT molecular complexity index is 277. The monoisotopic (exact) mass is 247 g/mol. The van der Waals surface area contributed by atoms with Crippen molar-refractivity contribution in [2.45, 2.75) is 33.3 Å². The summed E-state index contributed by atoms with van der Waals surface area (Å²) in [6.45, 7) is 5.03. The van der Waals surface area contributed by atoms with Gasteiger partial charge in [0.2, 0.25) is 0 Å². The maximum Gasteiger partial charge on any atom is 0.308 e. The molecule has 0 fully saturated rings. The summed E-state index contributed by atoms with van der Waals surface area (Å²) in [4.78, 5) is 27.8. The van der Waals surface area contributed by atoms with E-state index in [2.05, 4.69) is 0 Å². The van der Waals surface area contributed by atoms with E-state index in [0.717, 1.165) is 5.06 Å². The Labute approximate surface area is 101 Å². The zero-order valence-corrected chi connectivity index (χ0v) is 11.0. The number of nitrogens with zero attached hydrogens (tertiary/aromatic N) is 1. The summed E-state index contributed by atoms with van der Waals surface area (Å²) >= 11 is 0. The number of aliphatic hydroxyl groups excluding tert-OH is 1. The first-order valence-corrected chi connectivity index (χ1v) is 5.43. The molecule has 0 aliphatic heterocycles. The van der Waals surface area contributed by atoms with Crippen LogP contribution in [-0.4, -0.2) is 48.9 Å². The van der Waals surface area contributed by atoms with Crippen molar-refractivity contribution < 1.29 is 24.3 Å². The molecule has 6 heteroatoms. The van der Waals surface area contributed by atoms with Crippen LogP contribution in [0.1, 0.15) is 27.2 Å². The zero-order chi connectivity index (χ0) is 13.6. The highest BCUT2D eigenvalue weighted by Crippen LogP contribution is 2.25. The number of hydrogen-bond acceptors (Lipinski definition) is 5. The maximum atomic E-state index is 11.9. The van der Waals surface area contributed by atoms with Gasteiger partial charge in [0.25, 0.3) is 5.91 Å². The standard InChI is InChI=1S/C11H21NO5/c1-6-17-9(14)7-8(13)11(2,3)10(15)12(4)16-5/h8,13H,6-7H2,1-5H3. The van der Waals surface area contributed by atoms with Gasteiger partial charge in [-0.2, -0.15) is 0 Å². The van der Waals surface area contributed by atoms with E-state index in [4.69, 9.17) is 9.57 Å². The highest BCUT2D eigenvalue weighted by molar-refractivity contribution is 5.82. The van der Waals surface area contributed by atoms with Gasteiger partial charge in [0, 0.05) is 7.05 Å². The fourth-order valence-corrected chi connectivity index (χ4v) is 1.26. The van der Waals surface area contributed by atoms with Crippen molar-refractivity contribution in [3.8, 4) is 0 Å². The minimum absolute atomic E-state index is 0.218. The molecule has 1 atom stereocenters. The van der Waals surface area contributed by atoms with Gasteiger partial charge in [0.05, 0.1) is 31.7 Å². The molecule has 17 heavy (non-hydrogen) atoms. The minimum Gasteiger partial charge on any atom is -0.466 e. The minimum atomic E-state index is -1.12. The van der Waals surface area contributed by atoms with Crippen molar-refractivity contribution >= 4 is 11.9 Å². The Morgan fingerprint density at radius 2 is 1.94 bits per heavy atom. The van der Waals surface area contributed by atoms with Crippen molar-refractivity contribution in [3.05, 3.63) is 0 Å². The first kappa shape index (κ1) is 15.9. The number of amides is 1. The lowest BCUT2D eigenvalue weighted by molar-refractivity contribution is -0.185.